The van der Waals surface area contributed by atoms with Gasteiger partial charge in [0, 0.05) is 19.0 Å². The molecule has 1 saturated heterocycles. The van der Waals surface area contributed by atoms with Crippen molar-refractivity contribution in [3.63, 3.8) is 0 Å². The van der Waals surface area contributed by atoms with E-state index < -0.39 is 0 Å². The highest BCUT2D eigenvalue weighted by atomic mass is 16.5. The molecule has 1 fully saturated rings. The third-order valence-electron chi connectivity index (χ3n) is 3.22. The number of nitrogens with zero attached hydrogens (tertiary/aromatic N) is 1. The van der Waals surface area contributed by atoms with E-state index in [0.29, 0.717) is 19.2 Å². The van der Waals surface area contributed by atoms with Crippen molar-refractivity contribution >= 4 is 11.9 Å². The predicted molar refractivity (Wildman–Crippen MR) is 69.1 cm³/mol. The lowest BCUT2D eigenvalue weighted by Crippen LogP contribution is -2.40. The summed E-state index contributed by atoms with van der Waals surface area (Å²) in [6.07, 6.45) is 2.88. The number of carbonyl (C=O) groups excluding carboxylic acids is 2. The number of amides is 1. The summed E-state index contributed by atoms with van der Waals surface area (Å²) < 4.78 is 4.77. The molecule has 1 atom stereocenters. The minimum absolute atomic E-state index is 0.0749. The van der Waals surface area contributed by atoms with Crippen LogP contribution in [0.5, 0.6) is 0 Å². The van der Waals surface area contributed by atoms with E-state index in [2.05, 4.69) is 17.1 Å². The fourth-order valence-corrected chi connectivity index (χ4v) is 2.11. The summed E-state index contributed by atoms with van der Waals surface area (Å²) >= 11 is 0. The van der Waals surface area contributed by atoms with Crippen LogP contribution in [0.15, 0.2) is 0 Å². The first-order valence-electron chi connectivity index (χ1n) is 6.80. The molecule has 1 aliphatic heterocycles. The van der Waals surface area contributed by atoms with Crippen molar-refractivity contribution in [3.05, 3.63) is 0 Å². The van der Waals surface area contributed by atoms with Gasteiger partial charge in [0.25, 0.3) is 0 Å². The summed E-state index contributed by atoms with van der Waals surface area (Å²) in [4.78, 5) is 25.0. The lowest BCUT2D eigenvalue weighted by Gasteiger charge is -2.23. The lowest BCUT2D eigenvalue weighted by atomic mass is 10.2. The number of esters is 1. The summed E-state index contributed by atoms with van der Waals surface area (Å²) in [6.45, 7) is 7.15. The van der Waals surface area contributed by atoms with Gasteiger partial charge in [0.15, 0.2) is 0 Å². The van der Waals surface area contributed by atoms with E-state index in [-0.39, 0.29) is 24.7 Å². The van der Waals surface area contributed by atoms with Crippen LogP contribution in [0.4, 0.5) is 0 Å². The van der Waals surface area contributed by atoms with Gasteiger partial charge in [-0.25, -0.2) is 0 Å². The van der Waals surface area contributed by atoms with Gasteiger partial charge in [-0.2, -0.15) is 0 Å². The van der Waals surface area contributed by atoms with Gasteiger partial charge in [-0.05, 0) is 39.8 Å². The normalized spacial score (nSPS) is 17.4. The van der Waals surface area contributed by atoms with Crippen LogP contribution >= 0.6 is 0 Å². The Morgan fingerprint density at radius 3 is 2.56 bits per heavy atom. The van der Waals surface area contributed by atoms with Crippen molar-refractivity contribution in [2.45, 2.75) is 45.6 Å². The van der Waals surface area contributed by atoms with E-state index in [1.54, 1.807) is 6.92 Å². The van der Waals surface area contributed by atoms with Crippen molar-refractivity contribution < 1.29 is 14.3 Å². The molecule has 1 heterocycles. The van der Waals surface area contributed by atoms with Gasteiger partial charge in [0.1, 0.15) is 0 Å². The third-order valence-corrected chi connectivity index (χ3v) is 3.22. The Kier molecular flexibility index (Phi) is 6.72. The second-order valence-electron chi connectivity index (χ2n) is 4.70. The largest absolute Gasteiger partial charge is 0.466 e. The summed E-state index contributed by atoms with van der Waals surface area (Å²) in [5.41, 5.74) is 0. The lowest BCUT2D eigenvalue weighted by molar-refractivity contribution is -0.144. The number of ether oxygens (including phenoxy) is 1. The summed E-state index contributed by atoms with van der Waals surface area (Å²) in [7, 11) is 0. The van der Waals surface area contributed by atoms with Gasteiger partial charge >= 0.3 is 5.97 Å². The van der Waals surface area contributed by atoms with Crippen molar-refractivity contribution in [2.75, 3.05) is 26.2 Å². The maximum atomic E-state index is 11.5. The van der Waals surface area contributed by atoms with Crippen LogP contribution in [-0.4, -0.2) is 49.1 Å². The van der Waals surface area contributed by atoms with E-state index in [0.717, 1.165) is 13.1 Å². The van der Waals surface area contributed by atoms with Crippen LogP contribution < -0.4 is 5.32 Å². The first kappa shape index (κ1) is 15.0. The maximum absolute atomic E-state index is 11.5. The topological polar surface area (TPSA) is 58.6 Å². The molecule has 0 aromatic carbocycles. The van der Waals surface area contributed by atoms with Gasteiger partial charge in [-0.15, -0.1) is 0 Å². The average molecular weight is 256 g/mol. The molecule has 18 heavy (non-hydrogen) atoms. The molecular weight excluding hydrogens is 232 g/mol. The minimum Gasteiger partial charge on any atom is -0.466 e. The fraction of sp³-hybridized carbons (Fsp3) is 0.846. The molecule has 1 rings (SSSR count). The standard InChI is InChI=1S/C13H24N2O3/c1-3-18-13(17)7-6-12(16)14-10-11(2)15-8-4-5-9-15/h11H,3-10H2,1-2H3,(H,14,16). The van der Waals surface area contributed by atoms with Crippen LogP contribution in [0, 0.1) is 0 Å². The van der Waals surface area contributed by atoms with Gasteiger partial charge < -0.3 is 10.1 Å². The van der Waals surface area contributed by atoms with E-state index in [9.17, 15) is 9.59 Å². The van der Waals surface area contributed by atoms with Crippen molar-refractivity contribution in [1.29, 1.82) is 0 Å². The molecule has 104 valence electrons. The molecule has 0 spiro atoms. The van der Waals surface area contributed by atoms with Crippen LogP contribution in [0.1, 0.15) is 39.5 Å². The van der Waals surface area contributed by atoms with Crippen LogP contribution in [-0.2, 0) is 14.3 Å². The highest BCUT2D eigenvalue weighted by molar-refractivity contribution is 5.81. The zero-order valence-electron chi connectivity index (χ0n) is 11.4. The van der Waals surface area contributed by atoms with Crippen LogP contribution in [0.2, 0.25) is 0 Å². The quantitative estimate of drug-likeness (QED) is 0.688. The van der Waals surface area contributed by atoms with Crippen molar-refractivity contribution in [3.8, 4) is 0 Å². The SMILES string of the molecule is CCOC(=O)CCC(=O)NCC(C)N1CCCC1. The first-order chi connectivity index (χ1) is 8.63. The molecule has 0 aliphatic carbocycles. The van der Waals surface area contributed by atoms with Gasteiger partial charge in [-0.1, -0.05) is 0 Å². The number of hydrogen-bond donors (Lipinski definition) is 1. The molecule has 1 amide bonds. The molecule has 0 radical (unpaired) electrons. The van der Waals surface area contributed by atoms with E-state index >= 15 is 0 Å². The summed E-state index contributed by atoms with van der Waals surface area (Å²) in [5, 5.41) is 2.87. The number of likely N-dealkylation sites (tertiary alicyclic amines) is 1. The van der Waals surface area contributed by atoms with E-state index in [1.165, 1.54) is 12.8 Å². The average Bonchev–Trinajstić information content (AvgIpc) is 2.87. The Labute approximate surface area is 109 Å². The maximum Gasteiger partial charge on any atom is 0.306 e. The van der Waals surface area contributed by atoms with Gasteiger partial charge in [0.2, 0.25) is 5.91 Å². The number of nitrogens with one attached hydrogen (secondary N) is 1. The molecule has 1 unspecified atom stereocenters. The third kappa shape index (κ3) is 5.49. The molecule has 0 bridgehead atoms. The highest BCUT2D eigenvalue weighted by Gasteiger charge is 2.18. The van der Waals surface area contributed by atoms with E-state index in [4.69, 9.17) is 4.74 Å². The molecule has 1 aliphatic rings. The highest BCUT2D eigenvalue weighted by Crippen LogP contribution is 2.10. The van der Waals surface area contributed by atoms with Crippen molar-refractivity contribution in [1.82, 2.24) is 10.2 Å². The molecule has 1 N–H and O–H groups in total. The Balaban J connectivity index is 2.10. The molecule has 0 aromatic heterocycles. The molecule has 0 saturated carbocycles. The minimum atomic E-state index is -0.305. The Morgan fingerprint density at radius 2 is 1.94 bits per heavy atom. The van der Waals surface area contributed by atoms with Crippen molar-refractivity contribution in [2.24, 2.45) is 0 Å². The molecule has 5 heteroatoms. The Hall–Kier alpha value is -1.10. The Morgan fingerprint density at radius 1 is 1.28 bits per heavy atom. The van der Waals surface area contributed by atoms with Gasteiger partial charge in [-0.3, -0.25) is 14.5 Å². The smallest absolute Gasteiger partial charge is 0.306 e. The number of rotatable bonds is 7. The predicted octanol–water partition coefficient (Wildman–Crippen LogP) is 0.930. The number of carbonyl (C=O) groups is 2. The van der Waals surface area contributed by atoms with Crippen LogP contribution in [0.25, 0.3) is 0 Å². The second-order valence-corrected chi connectivity index (χ2v) is 4.70. The zero-order valence-corrected chi connectivity index (χ0v) is 11.4. The molecule has 0 aromatic rings. The summed E-state index contributed by atoms with van der Waals surface area (Å²) in [5.74, 6) is -0.380. The summed E-state index contributed by atoms with van der Waals surface area (Å²) in [6, 6.07) is 0.374. The second kappa shape index (κ2) is 8.08. The monoisotopic (exact) mass is 256 g/mol. The molecule has 5 nitrogen and oxygen atoms in total. The Bertz CT molecular complexity index is 275. The van der Waals surface area contributed by atoms with E-state index in [1.807, 2.05) is 0 Å². The van der Waals surface area contributed by atoms with Gasteiger partial charge in [0.05, 0.1) is 13.0 Å². The number of hydrogen-bond acceptors (Lipinski definition) is 4. The van der Waals surface area contributed by atoms with Crippen LogP contribution in [0.3, 0.4) is 0 Å². The fourth-order valence-electron chi connectivity index (χ4n) is 2.11. The zero-order chi connectivity index (χ0) is 13.4. The molecular formula is C13H24N2O3. The first-order valence-corrected chi connectivity index (χ1v) is 6.80.